The molecule has 0 radical (unpaired) electrons. The number of para-hydroxylation sites is 2. The smallest absolute Gasteiger partial charge is 0.360 e. The van der Waals surface area contributed by atoms with Crippen molar-refractivity contribution in [3.05, 3.63) is 65.0 Å². The summed E-state index contributed by atoms with van der Waals surface area (Å²) in [6, 6.07) is 15.8. The highest BCUT2D eigenvalue weighted by Gasteiger charge is 2.21. The molecular weight excluding hydrogens is 286 g/mol. The summed E-state index contributed by atoms with van der Waals surface area (Å²) < 4.78 is 3.46. The van der Waals surface area contributed by atoms with Gasteiger partial charge in [-0.05, 0) is 22.7 Å². The van der Waals surface area contributed by atoms with E-state index in [2.05, 4.69) is 5.10 Å². The van der Waals surface area contributed by atoms with E-state index in [0.29, 0.717) is 10.5 Å². The number of aromatic nitrogens is 3. The SMILES string of the molecule is O=c1c2sc3ccccc3[n+]2nc([O-])n1-c1ccccc1. The molecule has 0 saturated heterocycles. The highest BCUT2D eigenvalue weighted by molar-refractivity contribution is 7.23. The fraction of sp³-hybridized carbons (Fsp3) is 0. The van der Waals surface area contributed by atoms with Crippen molar-refractivity contribution < 1.29 is 9.62 Å². The Hall–Kier alpha value is -2.73. The zero-order valence-electron chi connectivity index (χ0n) is 10.8. The lowest BCUT2D eigenvalue weighted by Crippen LogP contribution is -2.37. The molecule has 0 fully saturated rings. The van der Waals surface area contributed by atoms with Crippen LogP contribution in [0, 0.1) is 0 Å². The molecule has 4 rings (SSSR count). The van der Waals surface area contributed by atoms with E-state index in [1.807, 2.05) is 30.3 Å². The molecule has 0 spiro atoms. The first-order valence-electron chi connectivity index (χ1n) is 6.35. The molecule has 0 aliphatic heterocycles. The summed E-state index contributed by atoms with van der Waals surface area (Å²) in [6.07, 6.45) is 0. The Labute approximate surface area is 123 Å². The molecule has 102 valence electrons. The van der Waals surface area contributed by atoms with Crippen LogP contribution in [0.25, 0.3) is 20.7 Å². The Bertz CT molecular complexity index is 1020. The predicted molar refractivity (Wildman–Crippen MR) is 77.8 cm³/mol. The van der Waals surface area contributed by atoms with Gasteiger partial charge in [-0.15, -0.1) is 0 Å². The number of rotatable bonds is 1. The topological polar surface area (TPSA) is 62.1 Å². The van der Waals surface area contributed by atoms with Crippen molar-refractivity contribution >= 4 is 26.4 Å². The molecule has 2 aromatic heterocycles. The third-order valence-corrected chi connectivity index (χ3v) is 4.38. The fourth-order valence-corrected chi connectivity index (χ4v) is 3.34. The number of hydrogen-bond acceptors (Lipinski definition) is 4. The molecule has 5 nitrogen and oxygen atoms in total. The van der Waals surface area contributed by atoms with Gasteiger partial charge in [0.1, 0.15) is 10.7 Å². The maximum Gasteiger partial charge on any atom is 0.360 e. The van der Waals surface area contributed by atoms with Gasteiger partial charge in [0.2, 0.25) is 0 Å². The van der Waals surface area contributed by atoms with E-state index in [4.69, 9.17) is 0 Å². The maximum atomic E-state index is 12.6. The van der Waals surface area contributed by atoms with E-state index in [1.165, 1.54) is 15.9 Å². The first-order valence-corrected chi connectivity index (χ1v) is 7.16. The van der Waals surface area contributed by atoms with Crippen LogP contribution in [0.1, 0.15) is 0 Å². The number of nitrogens with zero attached hydrogens (tertiary/aromatic N) is 3. The van der Waals surface area contributed by atoms with Crippen LogP contribution < -0.4 is 15.2 Å². The second kappa shape index (κ2) is 4.39. The lowest BCUT2D eigenvalue weighted by molar-refractivity contribution is -0.560. The minimum absolute atomic E-state index is 0.345. The largest absolute Gasteiger partial charge is 0.841 e. The normalized spacial score (nSPS) is 11.2. The third-order valence-electron chi connectivity index (χ3n) is 3.27. The van der Waals surface area contributed by atoms with Gasteiger partial charge in [0, 0.05) is 11.2 Å². The number of benzene rings is 2. The van der Waals surface area contributed by atoms with Crippen LogP contribution >= 0.6 is 11.3 Å². The Balaban J connectivity index is 2.16. The van der Waals surface area contributed by atoms with Gasteiger partial charge >= 0.3 is 10.4 Å². The lowest BCUT2D eigenvalue weighted by Gasteiger charge is -2.10. The van der Waals surface area contributed by atoms with Gasteiger partial charge in [0.15, 0.2) is 0 Å². The van der Waals surface area contributed by atoms with Gasteiger partial charge in [-0.1, -0.05) is 41.7 Å². The van der Waals surface area contributed by atoms with E-state index in [0.717, 1.165) is 14.8 Å². The molecule has 2 aromatic carbocycles. The van der Waals surface area contributed by atoms with Gasteiger partial charge in [-0.2, -0.15) is 0 Å². The monoisotopic (exact) mass is 295 g/mol. The molecule has 0 unspecified atom stereocenters. The Morgan fingerprint density at radius 1 is 1.05 bits per heavy atom. The molecule has 0 aliphatic carbocycles. The maximum absolute atomic E-state index is 12.6. The Morgan fingerprint density at radius 2 is 1.76 bits per heavy atom. The molecule has 4 aromatic rings. The van der Waals surface area contributed by atoms with Gasteiger partial charge < -0.3 is 5.11 Å². The average molecular weight is 295 g/mol. The van der Waals surface area contributed by atoms with Crippen LogP contribution in [0.2, 0.25) is 0 Å². The van der Waals surface area contributed by atoms with Gasteiger partial charge in [-0.25, -0.2) is 0 Å². The second-order valence-electron chi connectivity index (χ2n) is 4.55. The number of fused-ring (bicyclic) bond motifs is 3. The van der Waals surface area contributed by atoms with Gasteiger partial charge in [0.25, 0.3) is 5.52 Å². The van der Waals surface area contributed by atoms with Gasteiger partial charge in [0.05, 0.1) is 5.69 Å². The summed E-state index contributed by atoms with van der Waals surface area (Å²) in [5, 5.41) is 16.3. The van der Waals surface area contributed by atoms with Crippen LogP contribution in [0.4, 0.5) is 0 Å². The summed E-state index contributed by atoms with van der Waals surface area (Å²) >= 11 is 1.33. The minimum atomic E-state index is -0.577. The van der Waals surface area contributed by atoms with E-state index in [1.54, 1.807) is 24.3 Å². The minimum Gasteiger partial charge on any atom is -0.841 e. The van der Waals surface area contributed by atoms with Crippen LogP contribution in [-0.4, -0.2) is 9.67 Å². The van der Waals surface area contributed by atoms with Crippen molar-refractivity contribution in [3.63, 3.8) is 0 Å². The molecule has 6 heteroatoms. The van der Waals surface area contributed by atoms with Crippen LogP contribution in [0.15, 0.2) is 59.4 Å². The fourth-order valence-electron chi connectivity index (χ4n) is 2.33. The Morgan fingerprint density at radius 3 is 2.57 bits per heavy atom. The summed E-state index contributed by atoms with van der Waals surface area (Å²) in [5.41, 5.74) is 0.953. The first-order chi connectivity index (χ1) is 10.3. The zero-order valence-corrected chi connectivity index (χ0v) is 11.6. The zero-order chi connectivity index (χ0) is 14.4. The quantitative estimate of drug-likeness (QED) is 0.497. The summed E-state index contributed by atoms with van der Waals surface area (Å²) in [6.45, 7) is 0. The molecule has 0 amide bonds. The van der Waals surface area contributed by atoms with Gasteiger partial charge in [-0.3, -0.25) is 9.36 Å². The highest BCUT2D eigenvalue weighted by Crippen LogP contribution is 2.19. The summed E-state index contributed by atoms with van der Waals surface area (Å²) in [7, 11) is 0. The average Bonchev–Trinajstić information content (AvgIpc) is 2.88. The van der Waals surface area contributed by atoms with Crippen molar-refractivity contribution in [1.29, 1.82) is 0 Å². The van der Waals surface area contributed by atoms with Crippen molar-refractivity contribution in [2.45, 2.75) is 0 Å². The van der Waals surface area contributed by atoms with Crippen LogP contribution in [-0.2, 0) is 0 Å². The van der Waals surface area contributed by atoms with E-state index >= 15 is 0 Å². The molecule has 0 aliphatic rings. The Kier molecular flexibility index (Phi) is 2.52. The summed E-state index contributed by atoms with van der Waals surface area (Å²) in [5.74, 6) is 0. The second-order valence-corrected chi connectivity index (χ2v) is 5.58. The molecular formula is C15H9N3O2S. The first kappa shape index (κ1) is 12.0. The number of hydrogen-bond donors (Lipinski definition) is 0. The van der Waals surface area contributed by atoms with Crippen molar-refractivity contribution in [1.82, 2.24) is 9.67 Å². The van der Waals surface area contributed by atoms with E-state index in [-0.39, 0.29) is 5.56 Å². The van der Waals surface area contributed by atoms with Crippen molar-refractivity contribution in [2.24, 2.45) is 0 Å². The molecule has 0 bridgehead atoms. The molecule has 0 N–H and O–H groups in total. The van der Waals surface area contributed by atoms with E-state index in [9.17, 15) is 9.90 Å². The molecule has 21 heavy (non-hydrogen) atoms. The van der Waals surface area contributed by atoms with Crippen molar-refractivity contribution in [2.75, 3.05) is 0 Å². The van der Waals surface area contributed by atoms with Crippen LogP contribution in [0.3, 0.4) is 0 Å². The highest BCUT2D eigenvalue weighted by atomic mass is 32.1. The third kappa shape index (κ3) is 1.73. The van der Waals surface area contributed by atoms with Crippen LogP contribution in [0.5, 0.6) is 6.01 Å². The van der Waals surface area contributed by atoms with E-state index < -0.39 is 6.01 Å². The predicted octanol–water partition coefficient (Wildman–Crippen LogP) is 1.26. The lowest BCUT2D eigenvalue weighted by atomic mass is 10.3. The molecule has 0 atom stereocenters. The number of thiazole rings is 1. The molecule has 0 saturated carbocycles. The summed E-state index contributed by atoms with van der Waals surface area (Å²) in [4.78, 5) is 13.1. The van der Waals surface area contributed by atoms with Crippen molar-refractivity contribution in [3.8, 4) is 11.7 Å². The molecule has 2 heterocycles. The standard InChI is InChI=1S/C15H9N3O2S/c19-13-14-18(11-8-4-5-9-12(11)21-14)16-15(20)17(13)10-6-2-1-3-7-10/h1-9H.